The fourth-order valence-corrected chi connectivity index (χ4v) is 3.74. The number of hydrogen-bond acceptors (Lipinski definition) is 5. The first-order valence-corrected chi connectivity index (χ1v) is 9.75. The van der Waals surface area contributed by atoms with Gasteiger partial charge in [-0.05, 0) is 37.5 Å². The number of aromatic nitrogens is 1. The fourth-order valence-electron chi connectivity index (χ4n) is 3.74. The van der Waals surface area contributed by atoms with Crippen LogP contribution in [0, 0.1) is 12.7 Å². The number of nitrogens with one attached hydrogen (secondary N) is 1. The van der Waals surface area contributed by atoms with E-state index < -0.39 is 17.7 Å². The molecule has 30 heavy (non-hydrogen) atoms. The molecule has 1 aliphatic rings. The summed E-state index contributed by atoms with van der Waals surface area (Å²) in [5.74, 6) is -1.96. The number of halogens is 1. The summed E-state index contributed by atoms with van der Waals surface area (Å²) in [4.78, 5) is 42.0. The molecule has 0 bridgehead atoms. The number of benzene rings is 1. The first kappa shape index (κ1) is 21.7. The Labute approximate surface area is 174 Å². The molecule has 3 rings (SSSR count). The van der Waals surface area contributed by atoms with Gasteiger partial charge in [-0.1, -0.05) is 6.07 Å². The van der Waals surface area contributed by atoms with Crippen LogP contribution in [-0.2, 0) is 15.9 Å². The van der Waals surface area contributed by atoms with Crippen molar-refractivity contribution in [1.82, 2.24) is 9.88 Å². The van der Waals surface area contributed by atoms with Gasteiger partial charge in [-0.25, -0.2) is 9.18 Å². The molecule has 0 aliphatic carbocycles. The largest absolute Gasteiger partial charge is 0.465 e. The van der Waals surface area contributed by atoms with Crippen molar-refractivity contribution in [3.8, 4) is 0 Å². The van der Waals surface area contributed by atoms with Crippen molar-refractivity contribution in [2.45, 2.75) is 32.3 Å². The maximum atomic E-state index is 14.4. The van der Waals surface area contributed by atoms with Crippen molar-refractivity contribution in [2.24, 2.45) is 0 Å². The van der Waals surface area contributed by atoms with Crippen LogP contribution in [-0.4, -0.2) is 61.0 Å². The first-order chi connectivity index (χ1) is 14.3. The monoisotopic (exact) mass is 416 g/mol. The number of carbonyl (C=O) groups excluding carboxylic acids is 3. The lowest BCUT2D eigenvalue weighted by Gasteiger charge is -2.31. The third-order valence-corrected chi connectivity index (χ3v) is 5.45. The molecule has 0 radical (unpaired) electrons. The van der Waals surface area contributed by atoms with E-state index in [4.69, 9.17) is 9.47 Å². The van der Waals surface area contributed by atoms with E-state index in [9.17, 15) is 18.8 Å². The Morgan fingerprint density at radius 2 is 1.87 bits per heavy atom. The molecule has 1 aromatic heterocycles. The summed E-state index contributed by atoms with van der Waals surface area (Å²) in [5, 5.41) is 0. The van der Waals surface area contributed by atoms with Gasteiger partial charge in [-0.2, -0.15) is 0 Å². The highest BCUT2D eigenvalue weighted by Gasteiger charge is 2.26. The second-order valence-electron chi connectivity index (χ2n) is 7.34. The number of aryl methyl sites for hydroxylation is 1. The molecule has 1 N–H and O–H groups in total. The molecule has 2 aromatic rings. The quantitative estimate of drug-likeness (QED) is 0.578. The van der Waals surface area contributed by atoms with Crippen molar-refractivity contribution in [2.75, 3.05) is 27.3 Å². The van der Waals surface area contributed by atoms with E-state index in [1.165, 1.54) is 31.5 Å². The molecule has 160 valence electrons. The van der Waals surface area contributed by atoms with E-state index >= 15 is 0 Å². The topological polar surface area (TPSA) is 88.7 Å². The summed E-state index contributed by atoms with van der Waals surface area (Å²) in [5.41, 5.74) is 1.36. The number of rotatable bonds is 6. The SMILES string of the molecule is COC(=O)c1c[nH]c(C)c1C(=O)Cc1ccc(F)c(C(=O)N2CCC(OC)CC2)c1. The zero-order chi connectivity index (χ0) is 21.8. The number of ketones is 1. The Bertz CT molecular complexity index is 960. The molecule has 2 heterocycles. The molecule has 0 saturated carbocycles. The van der Waals surface area contributed by atoms with Crippen LogP contribution in [0.15, 0.2) is 24.4 Å². The molecular formula is C22H25FN2O5. The molecule has 1 amide bonds. The maximum Gasteiger partial charge on any atom is 0.340 e. The number of H-pyrrole nitrogens is 1. The van der Waals surface area contributed by atoms with Gasteiger partial charge in [0.05, 0.1) is 29.9 Å². The minimum absolute atomic E-state index is 0.0600. The van der Waals surface area contributed by atoms with Gasteiger partial charge in [0.1, 0.15) is 5.82 Å². The average molecular weight is 416 g/mol. The van der Waals surface area contributed by atoms with Gasteiger partial charge >= 0.3 is 5.97 Å². The summed E-state index contributed by atoms with van der Waals surface area (Å²) in [6.45, 7) is 2.67. The highest BCUT2D eigenvalue weighted by Crippen LogP contribution is 2.21. The molecular weight excluding hydrogens is 391 g/mol. The molecule has 0 unspecified atom stereocenters. The normalized spacial score (nSPS) is 14.6. The second-order valence-corrected chi connectivity index (χ2v) is 7.34. The number of hydrogen-bond donors (Lipinski definition) is 1. The fraction of sp³-hybridized carbons (Fsp3) is 0.409. The summed E-state index contributed by atoms with van der Waals surface area (Å²) in [7, 11) is 2.88. The number of likely N-dealkylation sites (tertiary alicyclic amines) is 1. The number of nitrogens with zero attached hydrogens (tertiary/aromatic N) is 1. The zero-order valence-corrected chi connectivity index (χ0v) is 17.3. The molecule has 1 saturated heterocycles. The van der Waals surface area contributed by atoms with Crippen LogP contribution < -0.4 is 0 Å². The minimum atomic E-state index is -0.627. The molecule has 7 nitrogen and oxygen atoms in total. The highest BCUT2D eigenvalue weighted by atomic mass is 19.1. The third-order valence-electron chi connectivity index (χ3n) is 5.45. The van der Waals surface area contributed by atoms with Crippen molar-refractivity contribution in [3.05, 3.63) is 58.2 Å². The van der Waals surface area contributed by atoms with Crippen LogP contribution in [0.4, 0.5) is 4.39 Å². The number of carbonyl (C=O) groups is 3. The molecule has 0 atom stereocenters. The third kappa shape index (κ3) is 4.43. The van der Waals surface area contributed by atoms with Crippen LogP contribution in [0.2, 0.25) is 0 Å². The lowest BCUT2D eigenvalue weighted by molar-refractivity contribution is 0.0348. The van der Waals surface area contributed by atoms with E-state index in [0.717, 1.165) is 0 Å². The molecule has 1 fully saturated rings. The van der Waals surface area contributed by atoms with Gasteiger partial charge in [-0.3, -0.25) is 9.59 Å². The first-order valence-electron chi connectivity index (χ1n) is 9.75. The zero-order valence-electron chi connectivity index (χ0n) is 17.3. The van der Waals surface area contributed by atoms with Crippen molar-refractivity contribution >= 4 is 17.7 Å². The van der Waals surface area contributed by atoms with E-state index in [1.807, 2.05) is 0 Å². The van der Waals surface area contributed by atoms with Crippen LogP contribution >= 0.6 is 0 Å². The average Bonchev–Trinajstić information content (AvgIpc) is 3.15. The van der Waals surface area contributed by atoms with E-state index in [0.29, 0.717) is 37.2 Å². The maximum absolute atomic E-state index is 14.4. The lowest BCUT2D eigenvalue weighted by atomic mass is 9.98. The number of amides is 1. The second kappa shape index (κ2) is 9.21. The van der Waals surface area contributed by atoms with Crippen LogP contribution in [0.3, 0.4) is 0 Å². The highest BCUT2D eigenvalue weighted by molar-refractivity contribution is 6.08. The Hall–Kier alpha value is -3.00. The minimum Gasteiger partial charge on any atom is -0.465 e. The van der Waals surface area contributed by atoms with Gasteiger partial charge in [0.15, 0.2) is 5.78 Å². The molecule has 1 aromatic carbocycles. The molecule has 0 spiro atoms. The number of methoxy groups -OCH3 is 2. The Morgan fingerprint density at radius 3 is 2.50 bits per heavy atom. The van der Waals surface area contributed by atoms with E-state index in [2.05, 4.69) is 4.98 Å². The Kier molecular flexibility index (Phi) is 6.66. The van der Waals surface area contributed by atoms with Crippen molar-refractivity contribution in [3.63, 3.8) is 0 Å². The van der Waals surface area contributed by atoms with Crippen molar-refractivity contribution < 1.29 is 28.2 Å². The smallest absolute Gasteiger partial charge is 0.340 e. The van der Waals surface area contributed by atoms with Gasteiger partial charge in [0, 0.05) is 38.5 Å². The van der Waals surface area contributed by atoms with Gasteiger partial charge in [-0.15, -0.1) is 0 Å². The van der Waals surface area contributed by atoms with Gasteiger partial charge in [0.2, 0.25) is 0 Å². The molecule has 1 aliphatic heterocycles. The summed E-state index contributed by atoms with van der Waals surface area (Å²) >= 11 is 0. The summed E-state index contributed by atoms with van der Waals surface area (Å²) in [6, 6.07) is 4.09. The summed E-state index contributed by atoms with van der Waals surface area (Å²) < 4.78 is 24.4. The standard InChI is InChI=1S/C22H25FN2O5/c1-13-20(17(12-24-13)22(28)30-3)19(26)11-14-4-5-18(23)16(10-14)21(27)25-8-6-15(29-2)7-9-25/h4-5,10,12,15,24H,6-9,11H2,1-3H3. The predicted molar refractivity (Wildman–Crippen MR) is 107 cm³/mol. The Balaban J connectivity index is 1.79. The van der Waals surface area contributed by atoms with Crippen molar-refractivity contribution in [1.29, 1.82) is 0 Å². The number of aromatic amines is 1. The van der Waals surface area contributed by atoms with Crippen LogP contribution in [0.25, 0.3) is 0 Å². The van der Waals surface area contributed by atoms with E-state index in [1.54, 1.807) is 18.9 Å². The number of Topliss-reactive ketones (excluding diaryl/α,β-unsaturated/α-hetero) is 1. The lowest BCUT2D eigenvalue weighted by Crippen LogP contribution is -2.41. The number of piperidine rings is 1. The van der Waals surface area contributed by atoms with Crippen LogP contribution in [0.1, 0.15) is 55.2 Å². The van der Waals surface area contributed by atoms with Crippen LogP contribution in [0.5, 0.6) is 0 Å². The predicted octanol–water partition coefficient (Wildman–Crippen LogP) is 2.93. The van der Waals surface area contributed by atoms with Gasteiger partial charge < -0.3 is 19.4 Å². The number of ether oxygens (including phenoxy) is 2. The van der Waals surface area contributed by atoms with Gasteiger partial charge in [0.25, 0.3) is 5.91 Å². The summed E-state index contributed by atoms with van der Waals surface area (Å²) in [6.07, 6.45) is 2.86. The van der Waals surface area contributed by atoms with E-state index in [-0.39, 0.29) is 35.0 Å². The Morgan fingerprint density at radius 1 is 1.17 bits per heavy atom. The number of esters is 1. The molecule has 8 heteroatoms.